The average Bonchev–Trinajstić information content (AvgIpc) is 3.38. The number of carbonyl (C=O) groups is 1. The largest absolute Gasteiger partial charge is 0.491 e. The molecule has 144 valence electrons. The fourth-order valence-corrected chi connectivity index (χ4v) is 3.43. The van der Waals surface area contributed by atoms with Gasteiger partial charge in [-0.15, -0.1) is 0 Å². The van der Waals surface area contributed by atoms with Crippen LogP contribution in [0.25, 0.3) is 5.69 Å². The van der Waals surface area contributed by atoms with Crippen molar-refractivity contribution in [2.45, 2.75) is 18.9 Å². The first kappa shape index (κ1) is 18.5. The predicted molar refractivity (Wildman–Crippen MR) is 110 cm³/mol. The van der Waals surface area contributed by atoms with Crippen LogP contribution in [0.3, 0.4) is 0 Å². The minimum absolute atomic E-state index is 0.175. The molecule has 1 saturated heterocycles. The van der Waals surface area contributed by atoms with Gasteiger partial charge in [0.15, 0.2) is 4.77 Å². The molecule has 1 aliphatic heterocycles. The molecule has 0 spiro atoms. The third kappa shape index (κ3) is 4.16. The number of aromatic amines is 1. The zero-order valence-corrected chi connectivity index (χ0v) is 16.1. The second kappa shape index (κ2) is 8.41. The maximum Gasteiger partial charge on any atom is 0.274 e. The molecule has 4 rings (SSSR count). The molecule has 3 aromatic rings. The fraction of sp³-hybridized carbons (Fsp3) is 0.238. The smallest absolute Gasteiger partial charge is 0.274 e. The quantitative estimate of drug-likeness (QED) is 0.609. The average molecular weight is 395 g/mol. The van der Waals surface area contributed by atoms with Crippen molar-refractivity contribution in [3.8, 4) is 11.4 Å². The van der Waals surface area contributed by atoms with Gasteiger partial charge in [0.2, 0.25) is 0 Å². The van der Waals surface area contributed by atoms with E-state index in [1.807, 2.05) is 54.6 Å². The summed E-state index contributed by atoms with van der Waals surface area (Å²) in [5, 5.41) is 2.90. The van der Waals surface area contributed by atoms with E-state index >= 15 is 0 Å². The van der Waals surface area contributed by atoms with Crippen LogP contribution in [0.1, 0.15) is 23.3 Å². The molecule has 2 aromatic carbocycles. The van der Waals surface area contributed by atoms with Gasteiger partial charge in [-0.25, -0.2) is 0 Å². The van der Waals surface area contributed by atoms with Crippen LogP contribution in [-0.2, 0) is 4.74 Å². The highest BCUT2D eigenvalue weighted by molar-refractivity contribution is 7.71. The summed E-state index contributed by atoms with van der Waals surface area (Å²) in [4.78, 5) is 15.7. The molecule has 2 N–H and O–H groups in total. The predicted octanol–water partition coefficient (Wildman–Crippen LogP) is 4.34. The van der Waals surface area contributed by atoms with Crippen molar-refractivity contribution in [2.24, 2.45) is 0 Å². The third-order valence-electron chi connectivity index (χ3n) is 4.60. The van der Waals surface area contributed by atoms with Gasteiger partial charge in [-0.05, 0) is 61.5 Å². The number of hydrogen-bond acceptors (Lipinski definition) is 4. The number of rotatable bonds is 6. The summed E-state index contributed by atoms with van der Waals surface area (Å²) in [5.74, 6) is 0.506. The number of hydrogen-bond donors (Lipinski definition) is 2. The minimum atomic E-state index is -0.246. The maximum absolute atomic E-state index is 12.8. The Bertz CT molecular complexity index is 990. The van der Waals surface area contributed by atoms with Crippen molar-refractivity contribution in [2.75, 3.05) is 18.5 Å². The molecule has 1 aliphatic rings. The molecule has 1 aromatic heterocycles. The number of benzene rings is 2. The summed E-state index contributed by atoms with van der Waals surface area (Å²) in [5.41, 5.74) is 1.95. The number of H-pyrrole nitrogens is 1. The van der Waals surface area contributed by atoms with Crippen molar-refractivity contribution in [1.82, 2.24) is 9.55 Å². The van der Waals surface area contributed by atoms with Crippen molar-refractivity contribution >= 4 is 23.8 Å². The topological polar surface area (TPSA) is 68.3 Å². The van der Waals surface area contributed by atoms with E-state index < -0.39 is 0 Å². The van der Waals surface area contributed by atoms with E-state index in [1.165, 1.54) is 0 Å². The lowest BCUT2D eigenvalue weighted by molar-refractivity contribution is 0.0679. The second-order valence-corrected chi connectivity index (χ2v) is 6.96. The summed E-state index contributed by atoms with van der Waals surface area (Å²) >= 11 is 5.33. The van der Waals surface area contributed by atoms with Crippen LogP contribution in [0.15, 0.2) is 60.8 Å². The van der Waals surface area contributed by atoms with E-state index in [9.17, 15) is 4.79 Å². The van der Waals surface area contributed by atoms with Gasteiger partial charge in [-0.2, -0.15) is 0 Å². The Morgan fingerprint density at radius 1 is 1.21 bits per heavy atom. The van der Waals surface area contributed by atoms with E-state index in [4.69, 9.17) is 21.7 Å². The Morgan fingerprint density at radius 3 is 2.71 bits per heavy atom. The molecule has 0 aliphatic carbocycles. The number of ether oxygens (including phenoxy) is 2. The summed E-state index contributed by atoms with van der Waals surface area (Å²) in [6, 6.07) is 16.8. The zero-order chi connectivity index (χ0) is 19.3. The lowest BCUT2D eigenvalue weighted by Gasteiger charge is -2.12. The number of nitrogens with one attached hydrogen (secondary N) is 2. The number of anilines is 1. The Kier molecular flexibility index (Phi) is 5.55. The standard InChI is InChI=1S/C21H21N3O3S/c25-20(19-13-22-21(28)24(19)16-5-2-1-3-6-16)23-15-8-10-17(11-9-15)27-14-18-7-4-12-26-18/h1-3,5-6,8-11,13,18H,4,7,12,14H2,(H,22,28)(H,23,25)/t18-/m0/s1. The highest BCUT2D eigenvalue weighted by Crippen LogP contribution is 2.20. The molecule has 0 radical (unpaired) electrons. The molecule has 1 fully saturated rings. The SMILES string of the molecule is O=C(Nc1ccc(OC[C@@H]2CCCO2)cc1)c1c[nH]c(=S)n1-c1ccccc1. The first-order valence-corrected chi connectivity index (χ1v) is 9.63. The lowest BCUT2D eigenvalue weighted by Crippen LogP contribution is -2.17. The first-order chi connectivity index (χ1) is 13.7. The highest BCUT2D eigenvalue weighted by atomic mass is 32.1. The number of carbonyl (C=O) groups excluding carboxylic acids is 1. The van der Waals surface area contributed by atoms with E-state index in [1.54, 1.807) is 10.8 Å². The van der Waals surface area contributed by atoms with Crippen molar-refractivity contribution in [3.05, 3.63) is 71.3 Å². The molecular weight excluding hydrogens is 374 g/mol. The van der Waals surface area contributed by atoms with Crippen LogP contribution in [0, 0.1) is 4.77 Å². The Labute approximate surface area is 168 Å². The number of imidazole rings is 1. The Balaban J connectivity index is 1.43. The van der Waals surface area contributed by atoms with Crippen molar-refractivity contribution in [3.63, 3.8) is 0 Å². The van der Waals surface area contributed by atoms with Crippen LogP contribution >= 0.6 is 12.2 Å². The third-order valence-corrected chi connectivity index (χ3v) is 4.90. The van der Waals surface area contributed by atoms with Gasteiger partial charge in [0, 0.05) is 24.2 Å². The molecule has 2 heterocycles. The second-order valence-electron chi connectivity index (χ2n) is 6.57. The number of nitrogens with zero attached hydrogens (tertiary/aromatic N) is 1. The Morgan fingerprint density at radius 2 is 2.00 bits per heavy atom. The number of amides is 1. The van der Waals surface area contributed by atoms with Gasteiger partial charge in [-0.3, -0.25) is 9.36 Å². The minimum Gasteiger partial charge on any atom is -0.491 e. The molecule has 1 amide bonds. The van der Waals surface area contributed by atoms with Gasteiger partial charge in [0.25, 0.3) is 5.91 Å². The molecule has 7 heteroatoms. The first-order valence-electron chi connectivity index (χ1n) is 9.22. The number of para-hydroxylation sites is 1. The molecular formula is C21H21N3O3S. The summed E-state index contributed by atoms with van der Waals surface area (Å²) in [6.07, 6.45) is 3.92. The molecule has 0 saturated carbocycles. The highest BCUT2D eigenvalue weighted by Gasteiger charge is 2.16. The molecule has 0 unspecified atom stereocenters. The lowest BCUT2D eigenvalue weighted by atomic mass is 10.2. The van der Waals surface area contributed by atoms with Crippen LogP contribution in [0.5, 0.6) is 5.75 Å². The summed E-state index contributed by atoms with van der Waals surface area (Å²) < 4.78 is 13.5. The van der Waals surface area contributed by atoms with Crippen LogP contribution < -0.4 is 10.1 Å². The maximum atomic E-state index is 12.8. The monoisotopic (exact) mass is 395 g/mol. The molecule has 28 heavy (non-hydrogen) atoms. The van der Waals surface area contributed by atoms with E-state index in [0.29, 0.717) is 22.8 Å². The van der Waals surface area contributed by atoms with E-state index in [2.05, 4.69) is 10.3 Å². The molecule has 6 nitrogen and oxygen atoms in total. The fourth-order valence-electron chi connectivity index (χ4n) is 3.16. The molecule has 1 atom stereocenters. The van der Waals surface area contributed by atoms with Gasteiger partial charge in [0.05, 0.1) is 6.10 Å². The Hall–Kier alpha value is -2.90. The van der Waals surface area contributed by atoms with Crippen molar-refractivity contribution in [1.29, 1.82) is 0 Å². The van der Waals surface area contributed by atoms with Gasteiger partial charge in [-0.1, -0.05) is 18.2 Å². The summed E-state index contributed by atoms with van der Waals surface area (Å²) in [6.45, 7) is 1.36. The van der Waals surface area contributed by atoms with Gasteiger partial charge in [0.1, 0.15) is 18.1 Å². The number of aromatic nitrogens is 2. The van der Waals surface area contributed by atoms with Gasteiger partial charge < -0.3 is 19.8 Å². The van der Waals surface area contributed by atoms with Crippen LogP contribution in [0.4, 0.5) is 5.69 Å². The van der Waals surface area contributed by atoms with Crippen molar-refractivity contribution < 1.29 is 14.3 Å². The van der Waals surface area contributed by atoms with E-state index in [0.717, 1.165) is 30.9 Å². The zero-order valence-electron chi connectivity index (χ0n) is 15.3. The van der Waals surface area contributed by atoms with E-state index in [-0.39, 0.29) is 12.0 Å². The molecule has 0 bridgehead atoms. The van der Waals surface area contributed by atoms with Crippen LogP contribution in [0.2, 0.25) is 0 Å². The van der Waals surface area contributed by atoms with Crippen LogP contribution in [-0.4, -0.2) is 34.8 Å². The van der Waals surface area contributed by atoms with Gasteiger partial charge >= 0.3 is 0 Å². The normalized spacial score (nSPS) is 16.1. The summed E-state index contributed by atoms with van der Waals surface area (Å²) in [7, 11) is 0.